The molecule has 200 valence electrons. The van der Waals surface area contributed by atoms with Crippen molar-refractivity contribution in [1.82, 2.24) is 0 Å². The third kappa shape index (κ3) is 8.86. The van der Waals surface area contributed by atoms with E-state index >= 15 is 0 Å². The maximum absolute atomic E-state index is 9.96. The first-order valence-corrected chi connectivity index (χ1v) is 13.1. The number of para-hydroxylation sites is 2. The molecule has 5 rings (SSSR count). The van der Waals surface area contributed by atoms with Crippen molar-refractivity contribution in [3.8, 4) is 0 Å². The zero-order valence-corrected chi connectivity index (χ0v) is 23.4. The number of anilines is 4. The van der Waals surface area contributed by atoms with Crippen LogP contribution in [0.5, 0.6) is 0 Å². The van der Waals surface area contributed by atoms with Gasteiger partial charge in [-0.15, -0.1) is 0 Å². The van der Waals surface area contributed by atoms with Gasteiger partial charge >= 0.3 is 0 Å². The Morgan fingerprint density at radius 3 is 1.72 bits per heavy atom. The summed E-state index contributed by atoms with van der Waals surface area (Å²) >= 11 is 0. The van der Waals surface area contributed by atoms with Crippen molar-refractivity contribution in [3.63, 3.8) is 0 Å². The van der Waals surface area contributed by atoms with E-state index in [1.165, 1.54) is 44.9 Å². The van der Waals surface area contributed by atoms with E-state index in [4.69, 9.17) is 1.37 Å². The molecule has 39 heavy (non-hydrogen) atoms. The van der Waals surface area contributed by atoms with E-state index < -0.39 is 7.15 Å². The van der Waals surface area contributed by atoms with Gasteiger partial charge < -0.3 is 10.2 Å². The summed E-state index contributed by atoms with van der Waals surface area (Å²) in [6.07, 6.45) is 0. The van der Waals surface area contributed by atoms with Crippen LogP contribution in [0, 0.1) is 27.7 Å². The van der Waals surface area contributed by atoms with Gasteiger partial charge in [0.05, 0.1) is 8.52 Å². The molecule has 0 aromatic heterocycles. The molecule has 0 saturated heterocycles. The topological polar surface area (TPSA) is 15.3 Å². The highest BCUT2D eigenvalue weighted by Crippen LogP contribution is 2.30. The number of hydrogen-bond donors (Lipinski definition) is 1. The first-order chi connectivity index (χ1) is 19.4. The van der Waals surface area contributed by atoms with E-state index in [-0.39, 0.29) is 0 Å². The van der Waals surface area contributed by atoms with Crippen LogP contribution >= 0.6 is 0 Å². The molecule has 0 saturated carbocycles. The van der Waals surface area contributed by atoms with E-state index in [1.807, 2.05) is 18.2 Å². The summed E-state index contributed by atoms with van der Waals surface area (Å²) in [7, 11) is -1.00. The summed E-state index contributed by atoms with van der Waals surface area (Å²) in [6.45, 7) is 9.43. The fraction of sp³-hybridized carbons (Fsp3) is 0.167. The highest BCUT2D eigenvalue weighted by atomic mass is 19.1. The van der Waals surface area contributed by atoms with Crippen molar-refractivity contribution in [2.45, 2.75) is 34.2 Å². The van der Waals surface area contributed by atoms with Crippen LogP contribution in [0.3, 0.4) is 0 Å². The smallest absolute Gasteiger partial charge is 0.0785 e. The first-order valence-electron chi connectivity index (χ1n) is 13.8. The molecule has 0 aliphatic carbocycles. The van der Waals surface area contributed by atoms with E-state index in [1.54, 1.807) is 0 Å². The number of nitrogens with one attached hydrogen (secondary N) is 1. The minimum Gasteiger partial charge on any atom is -0.355 e. The zero-order chi connectivity index (χ0) is 28.7. The number of hydrogen-bond acceptors (Lipinski definition) is 2. The Bertz CT molecular complexity index is 1420. The maximum atomic E-state index is 9.96. The quantitative estimate of drug-likeness (QED) is 0.240. The summed E-state index contributed by atoms with van der Waals surface area (Å²) in [5, 5.41) is 3.40. The Hall–Kier alpha value is -4.37. The van der Waals surface area contributed by atoms with Gasteiger partial charge in [0.25, 0.3) is 0 Å². The normalized spacial score (nSPS) is 10.2. The second-order valence-corrected chi connectivity index (χ2v) is 9.51. The summed E-state index contributed by atoms with van der Waals surface area (Å²) in [5.74, 6) is 0. The third-order valence-corrected chi connectivity index (χ3v) is 6.33. The highest BCUT2D eigenvalue weighted by molar-refractivity contribution is 5.67. The Balaban J connectivity index is 0.000000213. The van der Waals surface area contributed by atoms with Crippen molar-refractivity contribution in [2.75, 3.05) is 17.4 Å². The molecule has 5 aromatic rings. The minimum absolute atomic E-state index is 0.870. The third-order valence-electron chi connectivity index (χ3n) is 6.33. The molecule has 1 N–H and O–H groups in total. The molecule has 5 aromatic carbocycles. The van der Waals surface area contributed by atoms with Crippen LogP contribution in [0.4, 0.5) is 27.1 Å². The fourth-order valence-electron chi connectivity index (χ4n) is 4.43. The Morgan fingerprint density at radius 1 is 0.641 bits per heavy atom. The van der Waals surface area contributed by atoms with Crippen LogP contribution in [0.1, 0.15) is 29.2 Å². The number of benzene rings is 5. The van der Waals surface area contributed by atoms with Crippen molar-refractivity contribution in [3.05, 3.63) is 155 Å². The lowest BCUT2D eigenvalue weighted by atomic mass is 10.1. The van der Waals surface area contributed by atoms with E-state index in [2.05, 4.69) is 147 Å². The summed E-state index contributed by atoms with van der Waals surface area (Å²) in [5.41, 5.74) is 11.3. The highest BCUT2D eigenvalue weighted by Gasteiger charge is 2.12. The molecule has 3 heteroatoms. The fourth-order valence-corrected chi connectivity index (χ4v) is 4.43. The molecule has 0 fully saturated rings. The van der Waals surface area contributed by atoms with Gasteiger partial charge in [-0.3, -0.25) is 4.39 Å². The van der Waals surface area contributed by atoms with Crippen LogP contribution in [-0.2, 0) is 6.54 Å². The second-order valence-electron chi connectivity index (χ2n) is 9.51. The molecule has 0 atom stereocenters. The van der Waals surface area contributed by atoms with Gasteiger partial charge in [0, 0.05) is 29.3 Å². The predicted molar refractivity (Wildman–Crippen MR) is 167 cm³/mol. The predicted octanol–water partition coefficient (Wildman–Crippen LogP) is 10.3. The van der Waals surface area contributed by atoms with Gasteiger partial charge in [-0.05, 0) is 80.8 Å². The minimum atomic E-state index is -1.00. The lowest BCUT2D eigenvalue weighted by molar-refractivity contribution is 0.636. The summed E-state index contributed by atoms with van der Waals surface area (Å²) < 4.78 is 15.5. The number of rotatable bonds is 6. The number of aryl methyl sites for hydroxylation is 4. The molecular formula is C36H39FN2. The van der Waals surface area contributed by atoms with Crippen LogP contribution in [0.2, 0.25) is 0 Å². The number of nitrogens with zero attached hydrogens (tertiary/aromatic N) is 1. The van der Waals surface area contributed by atoms with E-state index in [0.29, 0.717) is 0 Å². The molecule has 0 amide bonds. The summed E-state index contributed by atoms with van der Waals surface area (Å²) in [4.78, 5) is 2.38. The first kappa shape index (κ1) is 27.7. The van der Waals surface area contributed by atoms with Gasteiger partial charge in [-0.1, -0.05) is 102 Å². The van der Waals surface area contributed by atoms with Gasteiger partial charge in [-0.2, -0.15) is 0 Å². The molecule has 0 spiro atoms. The van der Waals surface area contributed by atoms with Crippen molar-refractivity contribution < 1.29 is 5.76 Å². The van der Waals surface area contributed by atoms with Crippen molar-refractivity contribution in [2.24, 2.45) is 0 Å². The lowest BCUT2D eigenvalue weighted by Gasteiger charge is -2.27. The molecule has 2 nitrogen and oxygen atoms in total. The monoisotopic (exact) mass is 519 g/mol. The Morgan fingerprint density at radius 2 is 1.15 bits per heavy atom. The molecule has 0 aliphatic heterocycles. The SMILES string of the molecule is Cc1ccc(N(Cc2ccccc2)c2ccccc2)c(C)c1.Cc1ccc(Nc2ccccc2)c(C)c1.[2H]CF. The number of halogens is 1. The van der Waals surface area contributed by atoms with Crippen LogP contribution in [0.15, 0.2) is 127 Å². The largest absolute Gasteiger partial charge is 0.355 e. The Labute approximate surface area is 235 Å². The van der Waals surface area contributed by atoms with Gasteiger partial charge in [-0.25, -0.2) is 0 Å². The Kier molecular flexibility index (Phi) is 10.7. The second kappa shape index (κ2) is 15.1. The number of alkyl halides is 1. The van der Waals surface area contributed by atoms with E-state index in [0.717, 1.165) is 12.2 Å². The maximum Gasteiger partial charge on any atom is 0.0785 e. The van der Waals surface area contributed by atoms with Gasteiger partial charge in [0.2, 0.25) is 0 Å². The summed E-state index contributed by atoms with van der Waals surface area (Å²) in [6, 6.07) is 44.5. The van der Waals surface area contributed by atoms with Crippen molar-refractivity contribution >= 4 is 22.7 Å². The molecule has 0 aliphatic rings. The van der Waals surface area contributed by atoms with Gasteiger partial charge in [0.15, 0.2) is 0 Å². The molecule has 0 radical (unpaired) electrons. The molecule has 0 unspecified atom stereocenters. The average molecular weight is 520 g/mol. The van der Waals surface area contributed by atoms with Crippen LogP contribution in [0.25, 0.3) is 0 Å². The molecular weight excluding hydrogens is 479 g/mol. The zero-order valence-electron chi connectivity index (χ0n) is 24.4. The van der Waals surface area contributed by atoms with Crippen LogP contribution < -0.4 is 10.2 Å². The average Bonchev–Trinajstić information content (AvgIpc) is 2.96. The van der Waals surface area contributed by atoms with Crippen molar-refractivity contribution in [1.29, 1.82) is 0 Å². The van der Waals surface area contributed by atoms with Gasteiger partial charge in [0.1, 0.15) is 0 Å². The molecule has 0 heterocycles. The standard InChI is InChI=1S/C21H21N.C14H15N.CH3F/c1-17-13-14-21(18(2)15-17)22(20-11-7-4-8-12-20)16-19-9-5-3-6-10-19;1-11-8-9-14(12(2)10-11)15-13-6-4-3-5-7-13;1-2/h3-15H,16H2,1-2H3;3-10,15H,1-2H3;1H3/i;;1D. The van der Waals surface area contributed by atoms with E-state index in [9.17, 15) is 4.39 Å². The lowest BCUT2D eigenvalue weighted by Crippen LogP contribution is -2.17. The van der Waals surface area contributed by atoms with Crippen LogP contribution in [-0.4, -0.2) is 7.15 Å². The molecule has 0 bridgehead atoms.